The molecule has 0 saturated carbocycles. The van der Waals surface area contributed by atoms with Crippen molar-refractivity contribution in [3.8, 4) is 11.5 Å². The molecule has 0 radical (unpaired) electrons. The Labute approximate surface area is 156 Å². The van der Waals surface area contributed by atoms with E-state index in [-0.39, 0.29) is 17.9 Å². The molecule has 0 aromatic heterocycles. The maximum Gasteiger partial charge on any atom is 0.344 e. The van der Waals surface area contributed by atoms with Crippen LogP contribution in [0.3, 0.4) is 0 Å². The van der Waals surface area contributed by atoms with E-state index in [1.54, 1.807) is 49.6 Å². The topological polar surface area (TPSA) is 100 Å². The van der Waals surface area contributed by atoms with Gasteiger partial charge in [-0.2, -0.15) is 0 Å². The first-order valence-corrected chi connectivity index (χ1v) is 7.93. The molecule has 27 heavy (non-hydrogen) atoms. The van der Waals surface area contributed by atoms with Crippen LogP contribution in [-0.4, -0.2) is 45.3 Å². The molecule has 0 aliphatic heterocycles. The third-order valence-corrected chi connectivity index (χ3v) is 3.39. The molecule has 0 aliphatic carbocycles. The Morgan fingerprint density at radius 2 is 1.56 bits per heavy atom. The lowest BCUT2D eigenvalue weighted by molar-refractivity contribution is -0.149. The summed E-state index contributed by atoms with van der Waals surface area (Å²) in [6.07, 6.45) is 0. The fourth-order valence-electron chi connectivity index (χ4n) is 2.07. The van der Waals surface area contributed by atoms with E-state index in [9.17, 15) is 14.4 Å². The van der Waals surface area contributed by atoms with Crippen molar-refractivity contribution in [1.82, 2.24) is 0 Å². The fraction of sp³-hybridized carbons (Fsp3) is 0.211. The molecule has 1 amide bonds. The number of para-hydroxylation sites is 1. The highest BCUT2D eigenvalue weighted by Crippen LogP contribution is 2.17. The second-order valence-corrected chi connectivity index (χ2v) is 5.21. The number of methoxy groups -OCH3 is 2. The van der Waals surface area contributed by atoms with Crippen LogP contribution in [0.25, 0.3) is 0 Å². The second kappa shape index (κ2) is 9.81. The first kappa shape index (κ1) is 19.8. The van der Waals surface area contributed by atoms with Gasteiger partial charge in [0.2, 0.25) is 0 Å². The summed E-state index contributed by atoms with van der Waals surface area (Å²) < 4.78 is 19.8. The van der Waals surface area contributed by atoms with Gasteiger partial charge in [-0.15, -0.1) is 0 Å². The third kappa shape index (κ3) is 6.03. The minimum Gasteiger partial charge on any atom is -0.497 e. The van der Waals surface area contributed by atoms with Crippen molar-refractivity contribution in [3.63, 3.8) is 0 Å². The van der Waals surface area contributed by atoms with E-state index >= 15 is 0 Å². The number of anilines is 1. The van der Waals surface area contributed by atoms with Crippen molar-refractivity contribution >= 4 is 23.5 Å². The first-order chi connectivity index (χ1) is 13.0. The fourth-order valence-corrected chi connectivity index (χ4v) is 2.07. The normalized spacial score (nSPS) is 9.85. The standard InChI is InChI=1S/C19H19NO7/c1-24-13-7-9-14(10-8-13)26-12-18(22)27-11-17(21)20-16-6-4-3-5-15(16)19(23)25-2/h3-10H,11-12H2,1-2H3,(H,20,21). The Hall–Kier alpha value is -3.55. The van der Waals surface area contributed by atoms with E-state index < -0.39 is 24.5 Å². The number of carbonyl (C=O) groups is 3. The molecule has 0 fully saturated rings. The summed E-state index contributed by atoms with van der Waals surface area (Å²) >= 11 is 0. The molecule has 142 valence electrons. The summed E-state index contributed by atoms with van der Waals surface area (Å²) in [5.41, 5.74) is 0.461. The molecule has 0 atom stereocenters. The average molecular weight is 373 g/mol. The molecule has 0 aliphatic rings. The van der Waals surface area contributed by atoms with Crippen LogP contribution in [-0.2, 0) is 19.1 Å². The molecule has 2 aromatic carbocycles. The maximum atomic E-state index is 11.9. The van der Waals surface area contributed by atoms with Gasteiger partial charge in [-0.1, -0.05) is 12.1 Å². The first-order valence-electron chi connectivity index (χ1n) is 7.93. The number of amides is 1. The predicted molar refractivity (Wildman–Crippen MR) is 95.9 cm³/mol. The van der Waals surface area contributed by atoms with E-state index in [0.717, 1.165) is 0 Å². The van der Waals surface area contributed by atoms with Gasteiger partial charge in [0, 0.05) is 0 Å². The van der Waals surface area contributed by atoms with Crippen LogP contribution in [0, 0.1) is 0 Å². The van der Waals surface area contributed by atoms with Crippen LogP contribution < -0.4 is 14.8 Å². The molecule has 2 aromatic rings. The number of hydrogen-bond donors (Lipinski definition) is 1. The SMILES string of the molecule is COC(=O)c1ccccc1NC(=O)COC(=O)COc1ccc(OC)cc1. The number of hydrogen-bond acceptors (Lipinski definition) is 7. The molecule has 8 nitrogen and oxygen atoms in total. The smallest absolute Gasteiger partial charge is 0.344 e. The summed E-state index contributed by atoms with van der Waals surface area (Å²) in [6.45, 7) is -0.862. The number of ether oxygens (including phenoxy) is 4. The van der Waals surface area contributed by atoms with Gasteiger partial charge in [-0.3, -0.25) is 4.79 Å². The zero-order valence-electron chi connectivity index (χ0n) is 14.9. The summed E-state index contributed by atoms with van der Waals surface area (Å²) in [5, 5.41) is 2.50. The van der Waals surface area contributed by atoms with Crippen molar-refractivity contribution < 1.29 is 33.3 Å². The number of rotatable bonds is 8. The highest BCUT2D eigenvalue weighted by molar-refractivity contribution is 6.01. The zero-order chi connectivity index (χ0) is 19.6. The van der Waals surface area contributed by atoms with Crippen LogP contribution >= 0.6 is 0 Å². The van der Waals surface area contributed by atoms with Gasteiger partial charge in [0.1, 0.15) is 11.5 Å². The molecule has 0 unspecified atom stereocenters. The van der Waals surface area contributed by atoms with Crippen molar-refractivity contribution in [2.45, 2.75) is 0 Å². The molecule has 0 bridgehead atoms. The predicted octanol–water partition coefficient (Wildman–Crippen LogP) is 2.04. The van der Waals surface area contributed by atoms with Crippen molar-refractivity contribution in [3.05, 3.63) is 54.1 Å². The largest absolute Gasteiger partial charge is 0.497 e. The van der Waals surface area contributed by atoms with Gasteiger partial charge in [0.05, 0.1) is 25.5 Å². The van der Waals surface area contributed by atoms with Crippen LogP contribution in [0.15, 0.2) is 48.5 Å². The Bertz CT molecular complexity index is 802. The molecule has 0 spiro atoms. The Balaban J connectivity index is 1.79. The van der Waals surface area contributed by atoms with Crippen molar-refractivity contribution in [1.29, 1.82) is 0 Å². The minimum atomic E-state index is -0.706. The summed E-state index contributed by atoms with van der Waals surface area (Å²) in [4.78, 5) is 35.3. The molecule has 0 saturated heterocycles. The Kier molecular flexibility index (Phi) is 7.18. The number of benzene rings is 2. The van der Waals surface area contributed by atoms with Crippen LogP contribution in [0.2, 0.25) is 0 Å². The number of carbonyl (C=O) groups excluding carboxylic acids is 3. The molecule has 8 heteroatoms. The van der Waals surface area contributed by atoms with Gasteiger partial charge in [-0.05, 0) is 36.4 Å². The highest BCUT2D eigenvalue weighted by Gasteiger charge is 2.14. The lowest BCUT2D eigenvalue weighted by Crippen LogP contribution is -2.24. The zero-order valence-corrected chi connectivity index (χ0v) is 14.9. The van der Waals surface area contributed by atoms with Crippen LogP contribution in [0.5, 0.6) is 11.5 Å². The van der Waals surface area contributed by atoms with E-state index in [0.29, 0.717) is 11.5 Å². The van der Waals surface area contributed by atoms with Gasteiger partial charge in [0.25, 0.3) is 5.91 Å². The molecule has 2 rings (SSSR count). The number of esters is 2. The maximum absolute atomic E-state index is 11.9. The molecular formula is C19H19NO7. The molecule has 0 heterocycles. The third-order valence-electron chi connectivity index (χ3n) is 3.39. The van der Waals surface area contributed by atoms with E-state index in [1.807, 2.05) is 0 Å². The van der Waals surface area contributed by atoms with Crippen LogP contribution in [0.1, 0.15) is 10.4 Å². The second-order valence-electron chi connectivity index (χ2n) is 5.21. The van der Waals surface area contributed by atoms with E-state index in [1.165, 1.54) is 13.2 Å². The summed E-state index contributed by atoms with van der Waals surface area (Å²) in [7, 11) is 2.79. The monoisotopic (exact) mass is 373 g/mol. The van der Waals surface area contributed by atoms with Crippen LogP contribution in [0.4, 0.5) is 5.69 Å². The minimum absolute atomic E-state index is 0.197. The summed E-state index contributed by atoms with van der Waals surface area (Å²) in [5.74, 6) is -0.764. The van der Waals surface area contributed by atoms with Gasteiger partial charge in [0.15, 0.2) is 13.2 Å². The number of nitrogens with one attached hydrogen (secondary N) is 1. The van der Waals surface area contributed by atoms with Crippen molar-refractivity contribution in [2.24, 2.45) is 0 Å². The molecular weight excluding hydrogens is 354 g/mol. The van der Waals surface area contributed by atoms with E-state index in [4.69, 9.17) is 14.2 Å². The van der Waals surface area contributed by atoms with Gasteiger partial charge >= 0.3 is 11.9 Å². The van der Waals surface area contributed by atoms with Gasteiger partial charge < -0.3 is 24.3 Å². The van der Waals surface area contributed by atoms with Gasteiger partial charge in [-0.25, -0.2) is 9.59 Å². The average Bonchev–Trinajstić information content (AvgIpc) is 2.71. The molecule has 1 N–H and O–H groups in total. The lowest BCUT2D eigenvalue weighted by Gasteiger charge is -2.10. The highest BCUT2D eigenvalue weighted by atomic mass is 16.6. The lowest BCUT2D eigenvalue weighted by atomic mass is 10.2. The quantitative estimate of drug-likeness (QED) is 0.707. The summed E-state index contributed by atoms with van der Waals surface area (Å²) in [6, 6.07) is 13.0. The Morgan fingerprint density at radius 1 is 0.889 bits per heavy atom. The van der Waals surface area contributed by atoms with E-state index in [2.05, 4.69) is 10.1 Å². The van der Waals surface area contributed by atoms with Crippen molar-refractivity contribution in [2.75, 3.05) is 32.8 Å². The Morgan fingerprint density at radius 3 is 2.22 bits per heavy atom.